The first kappa shape index (κ1) is 11.1. The summed E-state index contributed by atoms with van der Waals surface area (Å²) in [4.78, 5) is 0. The van der Waals surface area contributed by atoms with Crippen LogP contribution in [0.3, 0.4) is 0 Å². The fourth-order valence-corrected chi connectivity index (χ4v) is 2.93. The SMILES string of the molecule is ClC(Cc1cccc2ccccc12)CC1CC1. The quantitative estimate of drug-likeness (QED) is 0.679. The highest BCUT2D eigenvalue weighted by molar-refractivity contribution is 6.20. The van der Waals surface area contributed by atoms with Gasteiger partial charge < -0.3 is 0 Å². The van der Waals surface area contributed by atoms with Gasteiger partial charge in [-0.15, -0.1) is 11.6 Å². The van der Waals surface area contributed by atoms with E-state index >= 15 is 0 Å². The average molecular weight is 245 g/mol. The summed E-state index contributed by atoms with van der Waals surface area (Å²) in [7, 11) is 0. The molecule has 1 unspecified atom stereocenters. The van der Waals surface area contributed by atoms with Crippen molar-refractivity contribution in [1.29, 1.82) is 0 Å². The molecule has 0 N–H and O–H groups in total. The standard InChI is InChI=1S/C16H17Cl/c17-15(10-12-8-9-12)11-14-6-3-5-13-4-1-2-7-16(13)14/h1-7,12,15H,8-11H2. The molecule has 0 radical (unpaired) electrons. The molecule has 1 fully saturated rings. The van der Waals surface area contributed by atoms with Crippen LogP contribution in [0.15, 0.2) is 42.5 Å². The molecular formula is C16H17Cl. The summed E-state index contributed by atoms with van der Waals surface area (Å²) in [6, 6.07) is 15.1. The minimum absolute atomic E-state index is 0.299. The number of fused-ring (bicyclic) bond motifs is 1. The van der Waals surface area contributed by atoms with Gasteiger partial charge in [0.1, 0.15) is 0 Å². The lowest BCUT2D eigenvalue weighted by Crippen LogP contribution is -2.04. The van der Waals surface area contributed by atoms with Crippen LogP contribution in [0.4, 0.5) is 0 Å². The van der Waals surface area contributed by atoms with Crippen molar-refractivity contribution in [3.63, 3.8) is 0 Å². The van der Waals surface area contributed by atoms with Crippen LogP contribution in [0, 0.1) is 5.92 Å². The Balaban J connectivity index is 1.83. The second-order valence-electron chi connectivity index (χ2n) is 5.12. The summed E-state index contributed by atoms with van der Waals surface area (Å²) in [5.74, 6) is 0.910. The van der Waals surface area contributed by atoms with Gasteiger partial charge in [-0.05, 0) is 35.1 Å². The maximum absolute atomic E-state index is 6.45. The van der Waals surface area contributed by atoms with Gasteiger partial charge in [0.15, 0.2) is 0 Å². The van der Waals surface area contributed by atoms with Gasteiger partial charge >= 0.3 is 0 Å². The van der Waals surface area contributed by atoms with Crippen molar-refractivity contribution in [2.75, 3.05) is 0 Å². The molecule has 2 aromatic carbocycles. The van der Waals surface area contributed by atoms with E-state index in [-0.39, 0.29) is 0 Å². The van der Waals surface area contributed by atoms with Gasteiger partial charge in [-0.25, -0.2) is 0 Å². The first-order chi connectivity index (χ1) is 8.33. The van der Waals surface area contributed by atoms with Gasteiger partial charge in [-0.3, -0.25) is 0 Å². The van der Waals surface area contributed by atoms with Crippen molar-refractivity contribution in [3.05, 3.63) is 48.0 Å². The Hall–Kier alpha value is -1.01. The van der Waals surface area contributed by atoms with E-state index in [1.165, 1.54) is 35.6 Å². The highest BCUT2D eigenvalue weighted by atomic mass is 35.5. The van der Waals surface area contributed by atoms with E-state index in [4.69, 9.17) is 11.6 Å². The summed E-state index contributed by atoms with van der Waals surface area (Å²) in [6.07, 6.45) is 4.96. The Bertz CT molecular complexity index is 508. The molecule has 1 saturated carbocycles. The zero-order valence-corrected chi connectivity index (χ0v) is 10.7. The van der Waals surface area contributed by atoms with Gasteiger partial charge in [0.25, 0.3) is 0 Å². The van der Waals surface area contributed by atoms with E-state index in [2.05, 4.69) is 42.5 Å². The van der Waals surface area contributed by atoms with Gasteiger partial charge in [0.2, 0.25) is 0 Å². The van der Waals surface area contributed by atoms with Crippen LogP contribution in [0.25, 0.3) is 10.8 Å². The van der Waals surface area contributed by atoms with Crippen LogP contribution in [0.1, 0.15) is 24.8 Å². The summed E-state index contributed by atoms with van der Waals surface area (Å²) < 4.78 is 0. The fourth-order valence-electron chi connectivity index (χ4n) is 2.51. The average Bonchev–Trinajstić information content (AvgIpc) is 3.13. The van der Waals surface area contributed by atoms with Crippen LogP contribution in [0.5, 0.6) is 0 Å². The molecule has 3 rings (SSSR count). The van der Waals surface area contributed by atoms with E-state index in [0.717, 1.165) is 12.3 Å². The maximum atomic E-state index is 6.45. The Morgan fingerprint density at radius 2 is 1.82 bits per heavy atom. The van der Waals surface area contributed by atoms with Crippen LogP contribution in [-0.4, -0.2) is 5.38 Å². The number of rotatable bonds is 4. The summed E-state index contributed by atoms with van der Waals surface area (Å²) in [5.41, 5.74) is 1.39. The molecule has 1 heteroatoms. The molecule has 1 aliphatic rings. The van der Waals surface area contributed by atoms with Gasteiger partial charge in [0, 0.05) is 5.38 Å². The minimum atomic E-state index is 0.299. The van der Waals surface area contributed by atoms with Crippen LogP contribution in [0.2, 0.25) is 0 Å². The Labute approximate surface area is 108 Å². The molecular weight excluding hydrogens is 228 g/mol. The van der Waals surface area contributed by atoms with Crippen molar-refractivity contribution in [2.24, 2.45) is 5.92 Å². The highest BCUT2D eigenvalue weighted by Crippen LogP contribution is 2.36. The predicted molar refractivity (Wildman–Crippen MR) is 74.6 cm³/mol. The first-order valence-corrected chi connectivity index (χ1v) is 6.87. The van der Waals surface area contributed by atoms with Crippen molar-refractivity contribution in [3.8, 4) is 0 Å². The van der Waals surface area contributed by atoms with Crippen molar-refractivity contribution in [2.45, 2.75) is 31.1 Å². The van der Waals surface area contributed by atoms with E-state index in [0.29, 0.717) is 5.38 Å². The zero-order chi connectivity index (χ0) is 11.7. The maximum Gasteiger partial charge on any atom is 0.0379 e. The molecule has 1 atom stereocenters. The topological polar surface area (TPSA) is 0 Å². The Kier molecular flexibility index (Phi) is 3.07. The van der Waals surface area contributed by atoms with Gasteiger partial charge in [-0.1, -0.05) is 55.3 Å². The van der Waals surface area contributed by atoms with Gasteiger partial charge in [0.05, 0.1) is 0 Å². The highest BCUT2D eigenvalue weighted by Gasteiger charge is 2.24. The first-order valence-electron chi connectivity index (χ1n) is 6.43. The number of halogens is 1. The smallest absolute Gasteiger partial charge is 0.0379 e. The molecule has 17 heavy (non-hydrogen) atoms. The monoisotopic (exact) mass is 244 g/mol. The third-order valence-corrected chi connectivity index (χ3v) is 3.94. The molecule has 1 aliphatic carbocycles. The van der Waals surface area contributed by atoms with Crippen LogP contribution < -0.4 is 0 Å². The summed E-state index contributed by atoms with van der Waals surface area (Å²) >= 11 is 6.45. The van der Waals surface area contributed by atoms with Crippen molar-refractivity contribution < 1.29 is 0 Å². The van der Waals surface area contributed by atoms with E-state index in [9.17, 15) is 0 Å². The Morgan fingerprint density at radius 3 is 2.65 bits per heavy atom. The number of alkyl halides is 1. The third-order valence-electron chi connectivity index (χ3n) is 3.61. The molecule has 0 bridgehead atoms. The lowest BCUT2D eigenvalue weighted by molar-refractivity contribution is 0.676. The second-order valence-corrected chi connectivity index (χ2v) is 5.74. The van der Waals surface area contributed by atoms with Crippen LogP contribution in [-0.2, 0) is 6.42 Å². The normalized spacial score (nSPS) is 17.2. The summed E-state index contributed by atoms with van der Waals surface area (Å²) in [6.45, 7) is 0. The van der Waals surface area contributed by atoms with Gasteiger partial charge in [-0.2, -0.15) is 0 Å². The summed E-state index contributed by atoms with van der Waals surface area (Å²) in [5, 5.41) is 2.98. The van der Waals surface area contributed by atoms with Crippen molar-refractivity contribution in [1.82, 2.24) is 0 Å². The largest absolute Gasteiger partial charge is 0.123 e. The van der Waals surface area contributed by atoms with E-state index in [1.54, 1.807) is 0 Å². The van der Waals surface area contributed by atoms with E-state index in [1.807, 2.05) is 0 Å². The second kappa shape index (κ2) is 4.70. The number of hydrogen-bond donors (Lipinski definition) is 0. The number of benzene rings is 2. The zero-order valence-electron chi connectivity index (χ0n) is 9.90. The molecule has 0 saturated heterocycles. The molecule has 2 aromatic rings. The van der Waals surface area contributed by atoms with Crippen LogP contribution >= 0.6 is 11.6 Å². The molecule has 0 aliphatic heterocycles. The van der Waals surface area contributed by atoms with E-state index < -0.39 is 0 Å². The Morgan fingerprint density at radius 1 is 1.06 bits per heavy atom. The fraction of sp³-hybridized carbons (Fsp3) is 0.375. The third kappa shape index (κ3) is 2.63. The molecule has 0 spiro atoms. The molecule has 0 nitrogen and oxygen atoms in total. The molecule has 0 heterocycles. The predicted octanol–water partition coefficient (Wildman–Crippen LogP) is 4.79. The number of hydrogen-bond acceptors (Lipinski definition) is 0. The molecule has 0 amide bonds. The molecule has 88 valence electrons. The molecule has 0 aromatic heterocycles. The minimum Gasteiger partial charge on any atom is -0.123 e. The van der Waals surface area contributed by atoms with Crippen molar-refractivity contribution >= 4 is 22.4 Å². The lowest BCUT2D eigenvalue weighted by atomic mass is 9.99. The lowest BCUT2D eigenvalue weighted by Gasteiger charge is -2.11.